The quantitative estimate of drug-likeness (QED) is 0.500. The fourth-order valence-electron chi connectivity index (χ4n) is 1.60. The maximum Gasteiger partial charge on any atom is 0.143 e. The van der Waals surface area contributed by atoms with E-state index in [0.717, 1.165) is 12.8 Å². The third-order valence-electron chi connectivity index (χ3n) is 3.50. The minimum atomic E-state index is -0.849. The summed E-state index contributed by atoms with van der Waals surface area (Å²) in [5.74, 6) is -0.105. The molecule has 0 rings (SSSR count). The monoisotopic (exact) mass is 250 g/mol. The highest BCUT2D eigenvalue weighted by atomic mass is 16.2. The lowest BCUT2D eigenvalue weighted by molar-refractivity contribution is -0.137. The van der Waals surface area contributed by atoms with Crippen LogP contribution in [0, 0.1) is 5.41 Å². The predicted molar refractivity (Wildman–Crippen MR) is 76.5 cm³/mol. The highest BCUT2D eigenvalue weighted by molar-refractivity contribution is 6.04. The SMILES string of the molecule is CC(=O)C(C)(C/C=C(\C)CCC=C(C)C)C(C)=O. The summed E-state index contributed by atoms with van der Waals surface area (Å²) in [7, 11) is 0. The Morgan fingerprint density at radius 3 is 1.83 bits per heavy atom. The lowest BCUT2D eigenvalue weighted by atomic mass is 9.79. The molecule has 0 radical (unpaired) electrons. The van der Waals surface area contributed by atoms with E-state index in [-0.39, 0.29) is 11.6 Å². The summed E-state index contributed by atoms with van der Waals surface area (Å²) in [5, 5.41) is 0. The number of ketones is 2. The number of rotatable bonds is 7. The van der Waals surface area contributed by atoms with E-state index in [1.807, 2.05) is 6.08 Å². The van der Waals surface area contributed by atoms with Crippen LogP contribution in [0.15, 0.2) is 23.3 Å². The Labute approximate surface area is 111 Å². The molecule has 0 fully saturated rings. The molecule has 0 aromatic rings. The van der Waals surface area contributed by atoms with Gasteiger partial charge in [-0.2, -0.15) is 0 Å². The maximum absolute atomic E-state index is 11.6. The van der Waals surface area contributed by atoms with Gasteiger partial charge in [0.05, 0.1) is 5.41 Å². The van der Waals surface area contributed by atoms with Crippen LogP contribution in [0.3, 0.4) is 0 Å². The largest absolute Gasteiger partial charge is 0.299 e. The number of hydrogen-bond donors (Lipinski definition) is 0. The summed E-state index contributed by atoms with van der Waals surface area (Å²) < 4.78 is 0. The van der Waals surface area contributed by atoms with Crippen molar-refractivity contribution in [1.82, 2.24) is 0 Å². The van der Waals surface area contributed by atoms with Gasteiger partial charge in [-0.3, -0.25) is 9.59 Å². The second kappa shape index (κ2) is 7.30. The second-order valence-electron chi connectivity index (χ2n) is 5.52. The molecular weight excluding hydrogens is 224 g/mol. The summed E-state index contributed by atoms with van der Waals surface area (Å²) in [6.07, 6.45) is 6.74. The van der Waals surface area contributed by atoms with E-state index < -0.39 is 5.41 Å². The van der Waals surface area contributed by atoms with Crippen LogP contribution in [0.2, 0.25) is 0 Å². The minimum Gasteiger partial charge on any atom is -0.299 e. The molecule has 0 aliphatic heterocycles. The summed E-state index contributed by atoms with van der Waals surface area (Å²) in [6, 6.07) is 0. The molecule has 0 spiro atoms. The van der Waals surface area contributed by atoms with E-state index in [9.17, 15) is 9.59 Å². The molecule has 0 saturated heterocycles. The third-order valence-corrected chi connectivity index (χ3v) is 3.50. The zero-order chi connectivity index (χ0) is 14.3. The van der Waals surface area contributed by atoms with Crippen molar-refractivity contribution in [3.63, 3.8) is 0 Å². The van der Waals surface area contributed by atoms with Gasteiger partial charge in [0.1, 0.15) is 11.6 Å². The van der Waals surface area contributed by atoms with Gasteiger partial charge < -0.3 is 0 Å². The lowest BCUT2D eigenvalue weighted by Crippen LogP contribution is -2.32. The molecule has 0 bridgehead atoms. The second-order valence-corrected chi connectivity index (χ2v) is 5.52. The van der Waals surface area contributed by atoms with E-state index in [0.29, 0.717) is 6.42 Å². The van der Waals surface area contributed by atoms with Crippen LogP contribution >= 0.6 is 0 Å². The van der Waals surface area contributed by atoms with Crippen LogP contribution in [0.5, 0.6) is 0 Å². The van der Waals surface area contributed by atoms with Crippen molar-refractivity contribution in [3.8, 4) is 0 Å². The van der Waals surface area contributed by atoms with Crippen molar-refractivity contribution < 1.29 is 9.59 Å². The van der Waals surface area contributed by atoms with Crippen LogP contribution < -0.4 is 0 Å². The summed E-state index contributed by atoms with van der Waals surface area (Å²) in [4.78, 5) is 23.1. The van der Waals surface area contributed by atoms with E-state index in [2.05, 4.69) is 26.8 Å². The van der Waals surface area contributed by atoms with Gasteiger partial charge in [0.15, 0.2) is 0 Å². The van der Waals surface area contributed by atoms with Crippen molar-refractivity contribution in [2.24, 2.45) is 5.41 Å². The van der Waals surface area contributed by atoms with E-state index in [1.165, 1.54) is 25.0 Å². The summed E-state index contributed by atoms with van der Waals surface area (Å²) >= 11 is 0. The van der Waals surface area contributed by atoms with Crippen LogP contribution in [0.25, 0.3) is 0 Å². The number of allylic oxidation sites excluding steroid dienone is 4. The van der Waals surface area contributed by atoms with E-state index >= 15 is 0 Å². The van der Waals surface area contributed by atoms with Gasteiger partial charge in [-0.1, -0.05) is 23.3 Å². The Bertz CT molecular complexity index is 355. The number of carbonyl (C=O) groups is 2. The Hall–Kier alpha value is -1.18. The van der Waals surface area contributed by atoms with E-state index in [1.54, 1.807) is 6.92 Å². The van der Waals surface area contributed by atoms with Crippen molar-refractivity contribution in [3.05, 3.63) is 23.3 Å². The highest BCUT2D eigenvalue weighted by Gasteiger charge is 2.33. The molecule has 0 aliphatic rings. The molecule has 18 heavy (non-hydrogen) atoms. The Kier molecular flexibility index (Phi) is 6.82. The Morgan fingerprint density at radius 1 is 0.944 bits per heavy atom. The Balaban J connectivity index is 4.55. The smallest absolute Gasteiger partial charge is 0.143 e. The summed E-state index contributed by atoms with van der Waals surface area (Å²) in [5.41, 5.74) is 1.71. The first-order valence-corrected chi connectivity index (χ1v) is 6.51. The van der Waals surface area contributed by atoms with E-state index in [4.69, 9.17) is 0 Å². The molecule has 0 aromatic carbocycles. The van der Waals surface area contributed by atoms with Crippen LogP contribution in [-0.4, -0.2) is 11.6 Å². The molecular formula is C16H26O2. The third kappa shape index (κ3) is 5.44. The van der Waals surface area contributed by atoms with Gasteiger partial charge in [0, 0.05) is 0 Å². The molecule has 0 atom stereocenters. The number of hydrogen-bond acceptors (Lipinski definition) is 2. The lowest BCUT2D eigenvalue weighted by Gasteiger charge is -2.21. The van der Waals surface area contributed by atoms with Crippen molar-refractivity contribution in [2.75, 3.05) is 0 Å². The molecule has 0 amide bonds. The first-order chi connectivity index (χ1) is 8.20. The van der Waals surface area contributed by atoms with Crippen molar-refractivity contribution >= 4 is 11.6 Å². The fraction of sp³-hybridized carbons (Fsp3) is 0.625. The first-order valence-electron chi connectivity index (χ1n) is 6.51. The van der Waals surface area contributed by atoms with Gasteiger partial charge >= 0.3 is 0 Å². The normalized spacial score (nSPS) is 12.2. The van der Waals surface area contributed by atoms with Crippen LogP contribution in [-0.2, 0) is 9.59 Å². The fourth-order valence-corrected chi connectivity index (χ4v) is 1.60. The van der Waals surface area contributed by atoms with Gasteiger partial charge in [0.2, 0.25) is 0 Å². The summed E-state index contributed by atoms with van der Waals surface area (Å²) in [6.45, 7) is 10.9. The maximum atomic E-state index is 11.6. The van der Waals surface area contributed by atoms with Gasteiger partial charge in [-0.15, -0.1) is 0 Å². The first kappa shape index (κ1) is 16.8. The minimum absolute atomic E-state index is 0.0525. The molecule has 0 N–H and O–H groups in total. The molecule has 0 aliphatic carbocycles. The van der Waals surface area contributed by atoms with Crippen molar-refractivity contribution in [1.29, 1.82) is 0 Å². The van der Waals surface area contributed by atoms with Crippen LogP contribution in [0.1, 0.15) is 60.8 Å². The van der Waals surface area contributed by atoms with Gasteiger partial charge in [-0.25, -0.2) is 0 Å². The molecule has 2 nitrogen and oxygen atoms in total. The molecule has 0 aromatic heterocycles. The van der Waals surface area contributed by atoms with Crippen molar-refractivity contribution in [2.45, 2.75) is 60.8 Å². The molecule has 0 unspecified atom stereocenters. The highest BCUT2D eigenvalue weighted by Crippen LogP contribution is 2.26. The standard InChI is InChI=1S/C16H26O2/c1-12(2)8-7-9-13(3)10-11-16(6,14(4)17)15(5)18/h8,10H,7,9,11H2,1-6H3/b13-10+. The topological polar surface area (TPSA) is 34.1 Å². The number of carbonyl (C=O) groups excluding carboxylic acids is 2. The average Bonchev–Trinajstić information content (AvgIpc) is 2.24. The zero-order valence-electron chi connectivity index (χ0n) is 12.6. The Morgan fingerprint density at radius 2 is 1.44 bits per heavy atom. The average molecular weight is 250 g/mol. The zero-order valence-corrected chi connectivity index (χ0v) is 12.6. The van der Waals surface area contributed by atoms with Gasteiger partial charge in [0.25, 0.3) is 0 Å². The molecule has 102 valence electrons. The molecule has 0 heterocycles. The molecule has 2 heteroatoms. The number of Topliss-reactive ketones (excluding diaryl/α,β-unsaturated/α-hetero) is 2. The van der Waals surface area contributed by atoms with Crippen LogP contribution in [0.4, 0.5) is 0 Å². The van der Waals surface area contributed by atoms with Gasteiger partial charge in [-0.05, 0) is 60.8 Å². The predicted octanol–water partition coefficient (Wildman–Crippen LogP) is 4.25. The molecule has 0 saturated carbocycles.